The molecule has 7 heteroatoms. The van der Waals surface area contributed by atoms with E-state index in [9.17, 15) is 13.6 Å². The van der Waals surface area contributed by atoms with Gasteiger partial charge in [-0.1, -0.05) is 0 Å². The van der Waals surface area contributed by atoms with E-state index in [0.29, 0.717) is 0 Å². The molecule has 80 valence electrons. The van der Waals surface area contributed by atoms with Crippen molar-refractivity contribution >= 4 is 11.7 Å². The van der Waals surface area contributed by atoms with E-state index in [-0.39, 0.29) is 5.88 Å². The minimum atomic E-state index is -3.01. The molecule has 0 bridgehead atoms. The summed E-state index contributed by atoms with van der Waals surface area (Å²) in [6.45, 7) is -3.01. The summed E-state index contributed by atoms with van der Waals surface area (Å²) in [5, 5.41) is 9.31. The molecule has 5 nitrogen and oxygen atoms in total. The van der Waals surface area contributed by atoms with Crippen molar-refractivity contribution in [1.29, 1.82) is 5.41 Å². The van der Waals surface area contributed by atoms with Gasteiger partial charge in [0.05, 0.1) is 7.11 Å². The van der Waals surface area contributed by atoms with Crippen LogP contribution in [0, 0.1) is 5.41 Å². The molecule has 0 atom stereocenters. The zero-order chi connectivity index (χ0) is 11.1. The Morgan fingerprint density at radius 1 is 1.57 bits per heavy atom. The predicted molar refractivity (Wildman–Crippen MR) is 44.0 cm³/mol. The molecule has 0 amide bonds. The van der Waals surface area contributed by atoms with Crippen LogP contribution in [0.5, 0.6) is 0 Å². The first-order valence-corrected chi connectivity index (χ1v) is 3.52. The Bertz CT molecular complexity index is 253. The summed E-state index contributed by atoms with van der Waals surface area (Å²) in [6, 6.07) is 0. The van der Waals surface area contributed by atoms with E-state index >= 15 is 0 Å². The molecule has 0 aliphatic carbocycles. The van der Waals surface area contributed by atoms with E-state index < -0.39 is 18.3 Å². The maximum atomic E-state index is 11.7. The lowest BCUT2D eigenvalue weighted by Gasteiger charge is -2.07. The van der Waals surface area contributed by atoms with Crippen molar-refractivity contribution in [1.82, 2.24) is 5.32 Å². The zero-order valence-electron chi connectivity index (χ0n) is 7.64. The summed E-state index contributed by atoms with van der Waals surface area (Å²) >= 11 is 0. The number of alkyl halides is 2. The first kappa shape index (κ1) is 12.3. The minimum Gasteiger partial charge on any atom is -0.464 e. The Hall–Kier alpha value is -1.66. The SMILES string of the molecule is CN/C(=C\C(=N)C(=O)OC)OC(F)F. The van der Waals surface area contributed by atoms with Gasteiger partial charge < -0.3 is 14.8 Å². The van der Waals surface area contributed by atoms with Gasteiger partial charge in [0.25, 0.3) is 0 Å². The molecule has 0 aromatic rings. The van der Waals surface area contributed by atoms with Gasteiger partial charge in [-0.3, -0.25) is 5.41 Å². The standard InChI is InChI=1S/C7H10F2N2O3/c1-11-5(14-7(8)9)3-4(10)6(12)13-2/h3,7,10-11H,1-2H3/b5-3+,10-4?. The summed E-state index contributed by atoms with van der Waals surface area (Å²) in [5.74, 6) is -1.31. The third kappa shape index (κ3) is 4.39. The number of nitrogens with one attached hydrogen (secondary N) is 2. The van der Waals surface area contributed by atoms with E-state index in [1.165, 1.54) is 7.05 Å². The second kappa shape index (κ2) is 5.90. The molecule has 0 aliphatic rings. The number of rotatable bonds is 5. The van der Waals surface area contributed by atoms with Gasteiger partial charge in [-0.25, -0.2) is 4.79 Å². The second-order valence-electron chi connectivity index (χ2n) is 2.04. The molecular formula is C7H10F2N2O3. The smallest absolute Gasteiger partial charge is 0.388 e. The van der Waals surface area contributed by atoms with Gasteiger partial charge >= 0.3 is 12.6 Å². The Morgan fingerprint density at radius 3 is 2.50 bits per heavy atom. The van der Waals surface area contributed by atoms with E-state index in [1.807, 2.05) is 0 Å². The van der Waals surface area contributed by atoms with Crippen LogP contribution in [-0.4, -0.2) is 32.4 Å². The third-order valence-corrected chi connectivity index (χ3v) is 1.14. The highest BCUT2D eigenvalue weighted by molar-refractivity contribution is 6.39. The lowest BCUT2D eigenvalue weighted by molar-refractivity contribution is -0.132. The average molecular weight is 208 g/mol. The van der Waals surface area contributed by atoms with Crippen molar-refractivity contribution < 1.29 is 23.0 Å². The highest BCUT2D eigenvalue weighted by Crippen LogP contribution is 2.02. The van der Waals surface area contributed by atoms with Gasteiger partial charge in [-0.05, 0) is 0 Å². The molecule has 14 heavy (non-hydrogen) atoms. The van der Waals surface area contributed by atoms with Crippen molar-refractivity contribution in [2.45, 2.75) is 6.61 Å². The van der Waals surface area contributed by atoms with Gasteiger partial charge in [0, 0.05) is 13.1 Å². The minimum absolute atomic E-state index is 0.379. The zero-order valence-corrected chi connectivity index (χ0v) is 7.64. The molecular weight excluding hydrogens is 198 g/mol. The number of carbonyl (C=O) groups is 1. The molecule has 0 aromatic heterocycles. The lowest BCUT2D eigenvalue weighted by Crippen LogP contribution is -2.18. The van der Waals surface area contributed by atoms with Gasteiger partial charge in [-0.2, -0.15) is 8.78 Å². The largest absolute Gasteiger partial charge is 0.464 e. The molecule has 0 heterocycles. The molecule has 0 rings (SSSR count). The van der Waals surface area contributed by atoms with Crippen LogP contribution < -0.4 is 5.32 Å². The highest BCUT2D eigenvalue weighted by atomic mass is 19.3. The van der Waals surface area contributed by atoms with Crippen molar-refractivity contribution in [3.8, 4) is 0 Å². The molecule has 0 unspecified atom stereocenters. The van der Waals surface area contributed by atoms with Crippen LogP contribution in [-0.2, 0) is 14.3 Å². The molecule has 0 aliphatic heterocycles. The van der Waals surface area contributed by atoms with Crippen LogP contribution in [0.2, 0.25) is 0 Å². The molecule has 0 fully saturated rings. The van der Waals surface area contributed by atoms with Gasteiger partial charge in [-0.15, -0.1) is 0 Å². The van der Waals surface area contributed by atoms with E-state index in [1.54, 1.807) is 0 Å². The number of hydrogen-bond acceptors (Lipinski definition) is 5. The first-order chi connectivity index (χ1) is 6.51. The molecule has 0 saturated carbocycles. The maximum Gasteiger partial charge on any atom is 0.388 e. The third-order valence-electron chi connectivity index (χ3n) is 1.14. The van der Waals surface area contributed by atoms with Crippen LogP contribution in [0.4, 0.5) is 8.78 Å². The summed E-state index contributed by atoms with van der Waals surface area (Å²) in [6.07, 6.45) is 0.804. The Morgan fingerprint density at radius 2 is 2.14 bits per heavy atom. The number of carbonyl (C=O) groups excluding carboxylic acids is 1. The summed E-state index contributed by atoms with van der Waals surface area (Å²) in [5.41, 5.74) is -0.586. The van der Waals surface area contributed by atoms with Crippen molar-refractivity contribution in [2.75, 3.05) is 14.2 Å². The van der Waals surface area contributed by atoms with Crippen molar-refractivity contribution in [2.24, 2.45) is 0 Å². The maximum absolute atomic E-state index is 11.7. The fourth-order valence-corrected chi connectivity index (χ4v) is 0.561. The quantitative estimate of drug-likeness (QED) is 0.391. The summed E-state index contributed by atoms with van der Waals surface area (Å²) in [4.78, 5) is 10.7. The van der Waals surface area contributed by atoms with Crippen molar-refractivity contribution in [3.63, 3.8) is 0 Å². The highest BCUT2D eigenvalue weighted by Gasteiger charge is 2.11. The normalized spacial score (nSPS) is 11.1. The fourth-order valence-electron chi connectivity index (χ4n) is 0.561. The number of ether oxygens (including phenoxy) is 2. The molecule has 0 radical (unpaired) electrons. The van der Waals surface area contributed by atoms with Crippen LogP contribution in [0.1, 0.15) is 0 Å². The Labute approximate surface area is 79.2 Å². The fraction of sp³-hybridized carbons (Fsp3) is 0.429. The Balaban J connectivity index is 4.43. The molecule has 0 spiro atoms. The van der Waals surface area contributed by atoms with E-state index in [0.717, 1.165) is 13.2 Å². The van der Waals surface area contributed by atoms with E-state index in [2.05, 4.69) is 14.8 Å². The van der Waals surface area contributed by atoms with Crippen LogP contribution >= 0.6 is 0 Å². The number of halogens is 2. The monoisotopic (exact) mass is 208 g/mol. The Kier molecular flexibility index (Phi) is 5.20. The molecule has 0 saturated heterocycles. The number of hydrogen-bond donors (Lipinski definition) is 2. The lowest BCUT2D eigenvalue weighted by atomic mass is 10.3. The number of methoxy groups -OCH3 is 1. The van der Waals surface area contributed by atoms with Gasteiger partial charge in [0.15, 0.2) is 5.88 Å². The predicted octanol–water partition coefficient (Wildman–Crippen LogP) is 0.479. The topological polar surface area (TPSA) is 71.4 Å². The van der Waals surface area contributed by atoms with E-state index in [4.69, 9.17) is 5.41 Å². The van der Waals surface area contributed by atoms with Gasteiger partial charge in [0.1, 0.15) is 5.71 Å². The summed E-state index contributed by atoms with van der Waals surface area (Å²) < 4.78 is 31.5. The average Bonchev–Trinajstić information content (AvgIpc) is 2.14. The summed E-state index contributed by atoms with van der Waals surface area (Å²) in [7, 11) is 2.40. The number of esters is 1. The molecule has 0 aromatic carbocycles. The first-order valence-electron chi connectivity index (χ1n) is 3.52. The van der Waals surface area contributed by atoms with Crippen LogP contribution in [0.3, 0.4) is 0 Å². The second-order valence-corrected chi connectivity index (χ2v) is 2.04. The van der Waals surface area contributed by atoms with Gasteiger partial charge in [0.2, 0.25) is 0 Å². The van der Waals surface area contributed by atoms with Crippen molar-refractivity contribution in [3.05, 3.63) is 12.0 Å². The molecule has 2 N–H and O–H groups in total. The van der Waals surface area contributed by atoms with Crippen LogP contribution in [0.15, 0.2) is 12.0 Å². The van der Waals surface area contributed by atoms with Crippen LogP contribution in [0.25, 0.3) is 0 Å².